The SMILES string of the molecule is CCOC(=O)C1=C(C(C)C)NC(=O)NC1c1ccc(OC)c(OCc2ccc(Cl)c(Cl)c2)c1. The Morgan fingerprint density at radius 1 is 1.09 bits per heavy atom. The second kappa shape index (κ2) is 10.8. The molecular weight excluding hydrogens is 467 g/mol. The van der Waals surface area contributed by atoms with Crippen LogP contribution >= 0.6 is 23.2 Å². The first-order chi connectivity index (χ1) is 15.7. The van der Waals surface area contributed by atoms with Gasteiger partial charge in [0.2, 0.25) is 0 Å². The fourth-order valence-electron chi connectivity index (χ4n) is 3.50. The molecule has 2 aromatic rings. The number of nitrogens with one attached hydrogen (secondary N) is 2. The third kappa shape index (κ3) is 5.72. The lowest BCUT2D eigenvalue weighted by Gasteiger charge is -2.31. The van der Waals surface area contributed by atoms with Gasteiger partial charge in [0.05, 0.1) is 35.4 Å². The first-order valence-corrected chi connectivity index (χ1v) is 11.2. The molecule has 0 aromatic heterocycles. The highest BCUT2D eigenvalue weighted by atomic mass is 35.5. The summed E-state index contributed by atoms with van der Waals surface area (Å²) >= 11 is 12.1. The van der Waals surface area contributed by atoms with E-state index < -0.39 is 18.0 Å². The van der Waals surface area contributed by atoms with Crippen molar-refractivity contribution in [1.29, 1.82) is 0 Å². The molecule has 0 saturated carbocycles. The van der Waals surface area contributed by atoms with E-state index in [0.29, 0.717) is 38.4 Å². The molecule has 0 radical (unpaired) electrons. The monoisotopic (exact) mass is 492 g/mol. The highest BCUT2D eigenvalue weighted by Gasteiger charge is 2.35. The number of rotatable bonds is 8. The van der Waals surface area contributed by atoms with Gasteiger partial charge in [0.1, 0.15) is 6.61 Å². The minimum atomic E-state index is -0.714. The summed E-state index contributed by atoms with van der Waals surface area (Å²) in [7, 11) is 1.54. The normalized spacial score (nSPS) is 15.7. The van der Waals surface area contributed by atoms with E-state index in [1.807, 2.05) is 19.9 Å². The molecule has 7 nitrogen and oxygen atoms in total. The molecule has 176 valence electrons. The van der Waals surface area contributed by atoms with E-state index in [1.54, 1.807) is 37.3 Å². The van der Waals surface area contributed by atoms with Gasteiger partial charge in [-0.3, -0.25) is 0 Å². The van der Waals surface area contributed by atoms with Crippen LogP contribution < -0.4 is 20.1 Å². The average Bonchev–Trinajstić information content (AvgIpc) is 2.79. The smallest absolute Gasteiger partial charge is 0.338 e. The van der Waals surface area contributed by atoms with Crippen LogP contribution in [-0.2, 0) is 16.1 Å². The Morgan fingerprint density at radius 2 is 1.85 bits per heavy atom. The van der Waals surface area contributed by atoms with Crippen molar-refractivity contribution in [1.82, 2.24) is 10.6 Å². The van der Waals surface area contributed by atoms with Gasteiger partial charge in [0.15, 0.2) is 11.5 Å². The minimum Gasteiger partial charge on any atom is -0.493 e. The molecule has 1 heterocycles. The van der Waals surface area contributed by atoms with Crippen molar-refractivity contribution in [3.63, 3.8) is 0 Å². The zero-order valence-corrected chi connectivity index (χ0v) is 20.3. The van der Waals surface area contributed by atoms with Crippen LogP contribution in [0, 0.1) is 5.92 Å². The second-order valence-corrected chi connectivity index (χ2v) is 8.50. The van der Waals surface area contributed by atoms with Crippen molar-refractivity contribution < 1.29 is 23.8 Å². The van der Waals surface area contributed by atoms with Gasteiger partial charge in [-0.15, -0.1) is 0 Å². The molecule has 0 aliphatic carbocycles. The van der Waals surface area contributed by atoms with Crippen molar-refractivity contribution in [3.05, 3.63) is 68.8 Å². The van der Waals surface area contributed by atoms with Crippen molar-refractivity contribution in [2.75, 3.05) is 13.7 Å². The lowest BCUT2D eigenvalue weighted by atomic mass is 9.91. The summed E-state index contributed by atoms with van der Waals surface area (Å²) in [6.07, 6.45) is 0. The van der Waals surface area contributed by atoms with Crippen LogP contribution in [0.1, 0.15) is 37.9 Å². The summed E-state index contributed by atoms with van der Waals surface area (Å²) in [5.74, 6) is 0.363. The Labute approximate surface area is 203 Å². The molecule has 1 aliphatic heterocycles. The number of carbonyl (C=O) groups is 2. The standard InChI is InChI=1S/C24H26Cl2N2O5/c1-5-32-23(29)20-21(13(2)3)27-24(30)28-22(20)15-7-9-18(31-4)19(11-15)33-12-14-6-8-16(25)17(26)10-14/h6-11,13,22H,5,12H2,1-4H3,(H2,27,28,30). The molecule has 2 amide bonds. The van der Waals surface area contributed by atoms with Crippen LogP contribution in [0.25, 0.3) is 0 Å². The summed E-state index contributed by atoms with van der Waals surface area (Å²) in [4.78, 5) is 25.2. The predicted molar refractivity (Wildman–Crippen MR) is 127 cm³/mol. The van der Waals surface area contributed by atoms with Crippen molar-refractivity contribution in [3.8, 4) is 11.5 Å². The van der Waals surface area contributed by atoms with E-state index >= 15 is 0 Å². The zero-order chi connectivity index (χ0) is 24.1. The van der Waals surface area contributed by atoms with E-state index in [-0.39, 0.29) is 19.1 Å². The summed E-state index contributed by atoms with van der Waals surface area (Å²) < 4.78 is 16.7. The number of methoxy groups -OCH3 is 1. The fraction of sp³-hybridized carbons (Fsp3) is 0.333. The number of carbonyl (C=O) groups excluding carboxylic acids is 2. The molecular formula is C24H26Cl2N2O5. The molecule has 1 unspecified atom stereocenters. The van der Waals surface area contributed by atoms with Crippen LogP contribution in [0.4, 0.5) is 4.79 Å². The number of halogens is 2. The van der Waals surface area contributed by atoms with Gasteiger partial charge in [-0.1, -0.05) is 49.2 Å². The van der Waals surface area contributed by atoms with E-state index in [9.17, 15) is 9.59 Å². The number of hydrogen-bond donors (Lipinski definition) is 2. The van der Waals surface area contributed by atoms with E-state index in [2.05, 4.69) is 10.6 Å². The number of allylic oxidation sites excluding steroid dienone is 1. The van der Waals surface area contributed by atoms with Gasteiger partial charge in [-0.2, -0.15) is 0 Å². The van der Waals surface area contributed by atoms with Crippen LogP contribution in [0.3, 0.4) is 0 Å². The molecule has 1 atom stereocenters. The first kappa shape index (κ1) is 24.7. The minimum absolute atomic E-state index is 0.0958. The fourth-order valence-corrected chi connectivity index (χ4v) is 3.82. The quantitative estimate of drug-likeness (QED) is 0.481. The first-order valence-electron chi connectivity index (χ1n) is 10.5. The lowest BCUT2D eigenvalue weighted by Crippen LogP contribution is -2.47. The molecule has 0 bridgehead atoms. The Balaban J connectivity index is 1.98. The van der Waals surface area contributed by atoms with Crippen LogP contribution in [0.15, 0.2) is 47.7 Å². The zero-order valence-electron chi connectivity index (χ0n) is 18.8. The second-order valence-electron chi connectivity index (χ2n) is 7.68. The van der Waals surface area contributed by atoms with Crippen molar-refractivity contribution in [2.45, 2.75) is 33.4 Å². The van der Waals surface area contributed by atoms with E-state index in [0.717, 1.165) is 5.56 Å². The predicted octanol–water partition coefficient (Wildman–Crippen LogP) is 5.41. The highest BCUT2D eigenvalue weighted by Crippen LogP contribution is 2.36. The molecule has 0 spiro atoms. The number of amides is 2. The number of esters is 1. The number of benzene rings is 2. The third-order valence-electron chi connectivity index (χ3n) is 5.07. The lowest BCUT2D eigenvalue weighted by molar-refractivity contribution is -0.139. The van der Waals surface area contributed by atoms with Gasteiger partial charge in [0, 0.05) is 5.70 Å². The average molecular weight is 493 g/mol. The van der Waals surface area contributed by atoms with Gasteiger partial charge in [-0.25, -0.2) is 9.59 Å². The maximum Gasteiger partial charge on any atom is 0.338 e. The Hall–Kier alpha value is -2.90. The van der Waals surface area contributed by atoms with Gasteiger partial charge >= 0.3 is 12.0 Å². The molecule has 0 fully saturated rings. The van der Waals surface area contributed by atoms with Crippen molar-refractivity contribution in [2.24, 2.45) is 5.92 Å². The number of urea groups is 1. The summed E-state index contributed by atoms with van der Waals surface area (Å²) in [5.41, 5.74) is 2.35. The Morgan fingerprint density at radius 3 is 2.48 bits per heavy atom. The maximum absolute atomic E-state index is 12.8. The molecule has 2 aromatic carbocycles. The number of ether oxygens (including phenoxy) is 3. The largest absolute Gasteiger partial charge is 0.493 e. The van der Waals surface area contributed by atoms with Gasteiger partial charge in [0.25, 0.3) is 0 Å². The molecule has 0 saturated heterocycles. The van der Waals surface area contributed by atoms with Gasteiger partial charge in [-0.05, 0) is 48.2 Å². The third-order valence-corrected chi connectivity index (χ3v) is 5.81. The van der Waals surface area contributed by atoms with E-state index in [1.165, 1.54) is 7.11 Å². The molecule has 9 heteroatoms. The van der Waals surface area contributed by atoms with Crippen LogP contribution in [-0.4, -0.2) is 25.7 Å². The van der Waals surface area contributed by atoms with Crippen LogP contribution in [0.5, 0.6) is 11.5 Å². The summed E-state index contributed by atoms with van der Waals surface area (Å²) in [5, 5.41) is 6.46. The van der Waals surface area contributed by atoms with Crippen LogP contribution in [0.2, 0.25) is 10.0 Å². The van der Waals surface area contributed by atoms with Crippen molar-refractivity contribution >= 4 is 35.2 Å². The topological polar surface area (TPSA) is 85.9 Å². The maximum atomic E-state index is 12.8. The molecule has 2 N–H and O–H groups in total. The Kier molecular flexibility index (Phi) is 8.10. The summed E-state index contributed by atoms with van der Waals surface area (Å²) in [6, 6.07) is 9.37. The molecule has 33 heavy (non-hydrogen) atoms. The molecule has 3 rings (SSSR count). The van der Waals surface area contributed by atoms with Gasteiger partial charge < -0.3 is 24.8 Å². The van der Waals surface area contributed by atoms with E-state index in [4.69, 9.17) is 37.4 Å². The molecule has 1 aliphatic rings. The highest BCUT2D eigenvalue weighted by molar-refractivity contribution is 6.42. The summed E-state index contributed by atoms with van der Waals surface area (Å²) in [6.45, 7) is 5.97. The Bertz CT molecular complexity index is 1080. The number of hydrogen-bond acceptors (Lipinski definition) is 5.